The number of methoxy groups -OCH3 is 1. The number of rotatable bonds is 3. The normalized spacial score (nSPS) is 36.7. The van der Waals surface area contributed by atoms with E-state index < -0.39 is 26.8 Å². The lowest BCUT2D eigenvalue weighted by Gasteiger charge is -2.52. The fourth-order valence-corrected chi connectivity index (χ4v) is 12.3. The third-order valence-electron chi connectivity index (χ3n) is 14.2. The summed E-state index contributed by atoms with van der Waals surface area (Å²) >= 11 is 6.51. The smallest absolute Gasteiger partial charge is 0.264 e. The van der Waals surface area contributed by atoms with Gasteiger partial charge in [-0.2, -0.15) is 0 Å². The molecule has 2 bridgehead atoms. The van der Waals surface area contributed by atoms with E-state index in [0.717, 1.165) is 93.1 Å². The van der Waals surface area contributed by atoms with Crippen LogP contribution in [0.3, 0.4) is 0 Å². The molecule has 0 aromatic heterocycles. The van der Waals surface area contributed by atoms with Crippen LogP contribution in [0.4, 0.5) is 5.69 Å². The Hall–Kier alpha value is -2.59. The number of fused-ring (bicyclic) bond motifs is 5. The molecular weight excluding hydrogens is 694 g/mol. The molecule has 1 spiro atoms. The van der Waals surface area contributed by atoms with Gasteiger partial charge in [0.05, 0.1) is 17.5 Å². The average Bonchev–Trinajstić information content (AvgIpc) is 3.53. The number of sulfonamides is 1. The molecule has 3 fully saturated rings. The highest BCUT2D eigenvalue weighted by molar-refractivity contribution is 7.90. The van der Waals surface area contributed by atoms with Crippen molar-refractivity contribution in [2.75, 3.05) is 51.3 Å². The predicted octanol–water partition coefficient (Wildman–Crippen LogP) is 7.39. The highest BCUT2D eigenvalue weighted by Gasteiger charge is 2.50. The molecule has 8 atom stereocenters. The van der Waals surface area contributed by atoms with Crippen molar-refractivity contribution in [2.45, 2.75) is 94.3 Å². The summed E-state index contributed by atoms with van der Waals surface area (Å²) < 4.78 is 43.1. The number of allylic oxidation sites excluding steroid dienone is 1. The highest BCUT2D eigenvalue weighted by Crippen LogP contribution is 2.50. The molecule has 8 rings (SSSR count). The fourth-order valence-electron chi connectivity index (χ4n) is 10.8. The van der Waals surface area contributed by atoms with Gasteiger partial charge in [-0.1, -0.05) is 49.6 Å². The van der Waals surface area contributed by atoms with Crippen molar-refractivity contribution in [1.29, 1.82) is 0 Å². The Bertz CT molecular complexity index is 1820. The first-order valence-corrected chi connectivity index (χ1v) is 21.7. The molecule has 2 aromatic rings. The van der Waals surface area contributed by atoms with Crippen molar-refractivity contribution in [1.82, 2.24) is 9.62 Å². The van der Waals surface area contributed by atoms with E-state index in [1.165, 1.54) is 36.8 Å². The van der Waals surface area contributed by atoms with Crippen LogP contribution in [0, 0.1) is 29.6 Å². The van der Waals surface area contributed by atoms with E-state index in [1.807, 2.05) is 32.2 Å². The van der Waals surface area contributed by atoms with E-state index in [0.29, 0.717) is 30.4 Å². The summed E-state index contributed by atoms with van der Waals surface area (Å²) in [4.78, 5) is 18.8. The van der Waals surface area contributed by atoms with Gasteiger partial charge in [0.2, 0.25) is 10.0 Å². The molecule has 3 heterocycles. The Labute approximate surface area is 315 Å². The molecule has 2 aromatic carbocycles. The second kappa shape index (κ2) is 14.2. The van der Waals surface area contributed by atoms with Gasteiger partial charge in [0.25, 0.3) is 5.91 Å². The van der Waals surface area contributed by atoms with E-state index in [9.17, 15) is 13.2 Å². The van der Waals surface area contributed by atoms with Crippen LogP contribution in [-0.4, -0.2) is 76.5 Å². The van der Waals surface area contributed by atoms with Crippen LogP contribution in [0.2, 0.25) is 5.02 Å². The molecule has 3 aliphatic heterocycles. The molecule has 1 unspecified atom stereocenters. The van der Waals surface area contributed by atoms with Gasteiger partial charge in [0, 0.05) is 49.3 Å². The van der Waals surface area contributed by atoms with Gasteiger partial charge in [0.1, 0.15) is 11.4 Å². The van der Waals surface area contributed by atoms with Crippen molar-refractivity contribution < 1.29 is 22.7 Å². The molecule has 0 radical (unpaired) electrons. The maximum Gasteiger partial charge on any atom is 0.264 e. The van der Waals surface area contributed by atoms with Gasteiger partial charge in [-0.25, -0.2) is 13.1 Å². The zero-order valence-electron chi connectivity index (χ0n) is 31.1. The molecule has 8 nitrogen and oxygen atoms in total. The van der Waals surface area contributed by atoms with Gasteiger partial charge >= 0.3 is 0 Å². The number of hydrogen-bond donors (Lipinski definition) is 1. The average molecular weight is 750 g/mol. The molecule has 282 valence electrons. The first-order chi connectivity index (χ1) is 25.0. The van der Waals surface area contributed by atoms with E-state index in [1.54, 1.807) is 13.0 Å². The predicted molar refractivity (Wildman–Crippen MR) is 207 cm³/mol. The molecule has 6 aliphatic rings. The fraction of sp³-hybridized carbons (Fsp3) is 0.643. The minimum absolute atomic E-state index is 0.198. The van der Waals surface area contributed by atoms with E-state index >= 15 is 0 Å². The summed E-state index contributed by atoms with van der Waals surface area (Å²) in [6.45, 7) is 8.81. The number of ether oxygens (including phenoxy) is 2. The van der Waals surface area contributed by atoms with Crippen LogP contribution in [0.5, 0.6) is 5.75 Å². The van der Waals surface area contributed by atoms with Crippen LogP contribution >= 0.6 is 11.6 Å². The standard InChI is InChI=1S/C42H56ClN3O5S/c1-28-7-5-19-42(50-3,26-45-20-17-30-8-4-9-33(30)23-45)37-14-11-34(37)24-46-25-41(18-6-10-31-21-35(43)13-15-36(31)41)27-51-39-16-12-32(22-38(39)46)40(47)44-52(48,49)29(28)2/h5,12-13,15-16,19,21-22,28-30,33-34,37H,4,6-11,14,17-18,20,23-27H2,1-3H3,(H,44,47)/b19-5+/t28-,29+,30?,33-,34-,37+,41-,42-/m0/s1. The Balaban J connectivity index is 1.19. The SMILES string of the molecule is CO[C@]1(CN2CCC3CCC[C@H]3C2)/C=C/C[C@H](C)[C@@H](C)S(=O)(=O)NC(=O)c2ccc3c(c2)N(C[C@@H]2CC[C@H]21)C[C@@]1(CCCc2cc(Cl)ccc21)CO3. The van der Waals surface area contributed by atoms with Crippen LogP contribution in [0.15, 0.2) is 48.6 Å². The van der Waals surface area contributed by atoms with Crippen LogP contribution in [0.1, 0.15) is 93.1 Å². The van der Waals surface area contributed by atoms with Gasteiger partial charge in [-0.15, -0.1) is 0 Å². The summed E-state index contributed by atoms with van der Waals surface area (Å²) in [7, 11) is -2.06. The van der Waals surface area contributed by atoms with Crippen molar-refractivity contribution in [3.05, 3.63) is 70.3 Å². The quantitative estimate of drug-likeness (QED) is 0.328. The minimum atomic E-state index is -3.94. The van der Waals surface area contributed by atoms with Gasteiger partial charge in [-0.3, -0.25) is 9.69 Å². The highest BCUT2D eigenvalue weighted by atomic mass is 35.5. The molecule has 52 heavy (non-hydrogen) atoms. The summed E-state index contributed by atoms with van der Waals surface area (Å²) in [6.07, 6.45) is 15.6. The number of halogens is 1. The van der Waals surface area contributed by atoms with E-state index in [4.69, 9.17) is 21.1 Å². The van der Waals surface area contributed by atoms with Crippen LogP contribution in [-0.2, 0) is 26.6 Å². The maximum absolute atomic E-state index is 13.7. The third kappa shape index (κ3) is 6.70. The van der Waals surface area contributed by atoms with Gasteiger partial charge < -0.3 is 14.4 Å². The summed E-state index contributed by atoms with van der Waals surface area (Å²) in [5.74, 6) is 2.24. The van der Waals surface area contributed by atoms with E-state index in [-0.39, 0.29) is 11.3 Å². The van der Waals surface area contributed by atoms with Crippen LogP contribution < -0.4 is 14.4 Å². The lowest BCUT2D eigenvalue weighted by Crippen LogP contribution is -2.58. The van der Waals surface area contributed by atoms with Crippen molar-refractivity contribution in [3.8, 4) is 5.75 Å². The van der Waals surface area contributed by atoms with Crippen molar-refractivity contribution in [3.63, 3.8) is 0 Å². The molecule has 3 aliphatic carbocycles. The number of hydrogen-bond acceptors (Lipinski definition) is 7. The monoisotopic (exact) mass is 749 g/mol. The number of carbonyl (C=O) groups excluding carboxylic acids is 1. The molecule has 10 heteroatoms. The Kier molecular flexibility index (Phi) is 9.97. The number of benzene rings is 2. The molecule has 1 amide bonds. The number of nitrogens with zero attached hydrogens (tertiary/aromatic N) is 2. The topological polar surface area (TPSA) is 88.2 Å². The number of aryl methyl sites for hydroxylation is 1. The lowest BCUT2D eigenvalue weighted by atomic mass is 9.63. The second-order valence-electron chi connectivity index (χ2n) is 17.2. The Morgan fingerprint density at radius 1 is 1.00 bits per heavy atom. The number of nitrogens with one attached hydrogen (secondary N) is 1. The van der Waals surface area contributed by atoms with E-state index in [2.05, 4.69) is 38.8 Å². The molecular formula is C42H56ClN3O5S. The zero-order valence-corrected chi connectivity index (χ0v) is 32.7. The van der Waals surface area contributed by atoms with Gasteiger partial charge in [-0.05, 0) is 136 Å². The maximum atomic E-state index is 13.7. The Morgan fingerprint density at radius 2 is 1.85 bits per heavy atom. The zero-order chi connectivity index (χ0) is 36.3. The number of amides is 1. The summed E-state index contributed by atoms with van der Waals surface area (Å²) in [5, 5.41) is -0.00410. The number of piperidine rings is 1. The number of likely N-dealkylation sites (tertiary alicyclic amines) is 1. The molecule has 1 N–H and O–H groups in total. The van der Waals surface area contributed by atoms with Gasteiger partial charge in [0.15, 0.2) is 0 Å². The number of carbonyl (C=O) groups is 1. The van der Waals surface area contributed by atoms with Crippen LogP contribution in [0.25, 0.3) is 0 Å². The summed E-state index contributed by atoms with van der Waals surface area (Å²) in [5.41, 5.74) is 3.02. The largest absolute Gasteiger partial charge is 0.490 e. The first-order valence-electron chi connectivity index (χ1n) is 19.8. The first kappa shape index (κ1) is 36.4. The Morgan fingerprint density at radius 3 is 2.65 bits per heavy atom. The molecule has 1 saturated heterocycles. The number of anilines is 1. The minimum Gasteiger partial charge on any atom is -0.490 e. The third-order valence-corrected chi connectivity index (χ3v) is 16.4. The molecule has 2 saturated carbocycles. The second-order valence-corrected chi connectivity index (χ2v) is 19.6. The lowest BCUT2D eigenvalue weighted by molar-refractivity contribution is -0.0968. The summed E-state index contributed by atoms with van der Waals surface area (Å²) in [6, 6.07) is 11.7. The van der Waals surface area contributed by atoms with Crippen molar-refractivity contribution >= 4 is 33.2 Å². The van der Waals surface area contributed by atoms with Crippen molar-refractivity contribution in [2.24, 2.45) is 29.6 Å².